The van der Waals surface area contributed by atoms with Gasteiger partial charge in [-0.2, -0.15) is 0 Å². The number of allylic oxidation sites excluding steroid dienone is 5. The number of benzene rings is 2. The minimum atomic E-state index is -0.779. The second-order valence-electron chi connectivity index (χ2n) is 9.75. The summed E-state index contributed by atoms with van der Waals surface area (Å²) in [5, 5.41) is 0. The third-order valence-corrected chi connectivity index (χ3v) is 6.73. The van der Waals surface area contributed by atoms with E-state index in [1.165, 1.54) is 37.3 Å². The molecule has 0 saturated carbocycles. The molecule has 2 aromatic carbocycles. The highest BCUT2D eigenvalue weighted by atomic mass is 19.1. The van der Waals surface area contributed by atoms with E-state index in [0.717, 1.165) is 36.0 Å². The molecule has 6 nitrogen and oxygen atoms in total. The third-order valence-electron chi connectivity index (χ3n) is 6.73. The number of aromatic amines is 1. The lowest BCUT2D eigenvalue weighted by atomic mass is 10.0. The van der Waals surface area contributed by atoms with Gasteiger partial charge in [-0.25, -0.2) is 9.37 Å². The quantitative estimate of drug-likeness (QED) is 0.102. The molecule has 0 spiro atoms. The second kappa shape index (κ2) is 16.7. The van der Waals surface area contributed by atoms with Crippen LogP contribution in [0.3, 0.4) is 0 Å². The summed E-state index contributed by atoms with van der Waals surface area (Å²) in [7, 11) is 1.50. The summed E-state index contributed by atoms with van der Waals surface area (Å²) in [6, 6.07) is 11.9. The fraction of sp³-hybridized carbons (Fsp3) is 0.257. The Morgan fingerprint density at radius 1 is 1.19 bits per heavy atom. The molecule has 42 heavy (non-hydrogen) atoms. The number of amides is 1. The molecule has 1 heterocycles. The molecule has 1 atom stereocenters. The van der Waals surface area contributed by atoms with Crippen molar-refractivity contribution in [2.75, 3.05) is 20.4 Å². The molecule has 0 aliphatic carbocycles. The number of aromatic nitrogens is 2. The summed E-state index contributed by atoms with van der Waals surface area (Å²) >= 11 is 0. The van der Waals surface area contributed by atoms with Crippen LogP contribution in [0.25, 0.3) is 11.6 Å². The van der Waals surface area contributed by atoms with Crippen molar-refractivity contribution >= 4 is 18.1 Å². The molecule has 1 aromatic heterocycles. The van der Waals surface area contributed by atoms with E-state index >= 15 is 0 Å². The smallest absolute Gasteiger partial charge is 0.210 e. The number of imidazole rings is 1. The first kappa shape index (κ1) is 32.0. The number of rotatable bonds is 17. The first-order valence-electron chi connectivity index (χ1n) is 14.0. The van der Waals surface area contributed by atoms with Crippen LogP contribution in [-0.4, -0.2) is 41.7 Å². The van der Waals surface area contributed by atoms with Crippen LogP contribution in [0.2, 0.25) is 0 Å². The van der Waals surface area contributed by atoms with Gasteiger partial charge in [0.15, 0.2) is 6.79 Å². The molecular formula is C35H40FN3O3. The fourth-order valence-electron chi connectivity index (χ4n) is 4.43. The Kier molecular flexibility index (Phi) is 12.7. The topological polar surface area (TPSA) is 67.5 Å². The maximum atomic E-state index is 14.6. The number of halogens is 1. The van der Waals surface area contributed by atoms with Gasteiger partial charge in [-0.15, -0.1) is 0 Å². The fourth-order valence-corrected chi connectivity index (χ4v) is 4.43. The van der Waals surface area contributed by atoms with Crippen LogP contribution in [-0.2, 0) is 16.0 Å². The zero-order valence-electron chi connectivity index (χ0n) is 24.7. The van der Waals surface area contributed by atoms with Gasteiger partial charge in [0.25, 0.3) is 0 Å². The number of ether oxygens (including phenoxy) is 2. The lowest BCUT2D eigenvalue weighted by Gasteiger charge is -2.29. The highest BCUT2D eigenvalue weighted by molar-refractivity contribution is 5.72. The molecule has 1 unspecified atom stereocenters. The zero-order valence-corrected chi connectivity index (χ0v) is 24.7. The van der Waals surface area contributed by atoms with Crippen LogP contribution in [0.1, 0.15) is 60.9 Å². The third kappa shape index (κ3) is 9.01. The van der Waals surface area contributed by atoms with Crippen molar-refractivity contribution < 1.29 is 18.7 Å². The van der Waals surface area contributed by atoms with E-state index in [2.05, 4.69) is 54.3 Å². The molecule has 3 aromatic rings. The monoisotopic (exact) mass is 569 g/mol. The number of carbonyl (C=O) groups excluding carboxylic acids is 1. The van der Waals surface area contributed by atoms with Gasteiger partial charge in [0.2, 0.25) is 6.41 Å². The van der Waals surface area contributed by atoms with E-state index in [1.807, 2.05) is 31.2 Å². The van der Waals surface area contributed by atoms with Crippen LogP contribution < -0.4 is 4.74 Å². The zero-order chi connectivity index (χ0) is 30.3. The Morgan fingerprint density at radius 3 is 2.64 bits per heavy atom. The van der Waals surface area contributed by atoms with Crippen LogP contribution in [0.15, 0.2) is 97.8 Å². The highest BCUT2D eigenvalue weighted by Crippen LogP contribution is 2.34. The summed E-state index contributed by atoms with van der Waals surface area (Å²) in [5.74, 6) is 0.362. The predicted molar refractivity (Wildman–Crippen MR) is 168 cm³/mol. The second-order valence-corrected chi connectivity index (χ2v) is 9.75. The Morgan fingerprint density at radius 2 is 1.98 bits per heavy atom. The largest absolute Gasteiger partial charge is 0.467 e. The van der Waals surface area contributed by atoms with E-state index in [4.69, 9.17) is 9.47 Å². The average molecular weight is 570 g/mol. The molecule has 1 amide bonds. The molecule has 0 fully saturated rings. The minimum absolute atomic E-state index is 0.0392. The number of nitrogens with zero attached hydrogens (tertiary/aromatic N) is 2. The summed E-state index contributed by atoms with van der Waals surface area (Å²) in [5.41, 5.74) is 5.20. The van der Waals surface area contributed by atoms with Crippen LogP contribution >= 0.6 is 0 Å². The van der Waals surface area contributed by atoms with Gasteiger partial charge in [0.1, 0.15) is 23.4 Å². The highest BCUT2D eigenvalue weighted by Gasteiger charge is 2.28. The van der Waals surface area contributed by atoms with Crippen LogP contribution in [0.4, 0.5) is 4.39 Å². The van der Waals surface area contributed by atoms with Gasteiger partial charge in [0.05, 0.1) is 11.9 Å². The molecule has 3 rings (SSSR count). The van der Waals surface area contributed by atoms with Gasteiger partial charge >= 0.3 is 0 Å². The van der Waals surface area contributed by atoms with Gasteiger partial charge < -0.3 is 19.4 Å². The normalized spacial score (nSPS) is 12.5. The number of unbranched alkanes of at least 4 members (excludes halogenated alkanes) is 1. The molecule has 0 saturated heterocycles. The van der Waals surface area contributed by atoms with Crippen LogP contribution in [0, 0.1) is 5.82 Å². The number of aryl methyl sites for hydroxylation is 1. The van der Waals surface area contributed by atoms with Crippen molar-refractivity contribution in [3.05, 3.63) is 132 Å². The molecule has 0 radical (unpaired) electrons. The van der Waals surface area contributed by atoms with Crippen molar-refractivity contribution in [1.29, 1.82) is 0 Å². The van der Waals surface area contributed by atoms with Crippen molar-refractivity contribution in [3.8, 4) is 5.75 Å². The SMILES string of the molecule is C=C/C=C\c1cnc(C(c2cc(F)ccc2OCOC)N(C=O)CC(/C=C\C(=C)c2ccc(CCCC)cc2)=C\C)[nH]1. The van der Waals surface area contributed by atoms with Crippen molar-refractivity contribution in [2.24, 2.45) is 0 Å². The van der Waals surface area contributed by atoms with Gasteiger partial charge in [-0.05, 0) is 66.3 Å². The van der Waals surface area contributed by atoms with E-state index < -0.39 is 11.9 Å². The molecule has 0 aliphatic rings. The lowest BCUT2D eigenvalue weighted by molar-refractivity contribution is -0.119. The van der Waals surface area contributed by atoms with E-state index in [0.29, 0.717) is 22.8 Å². The molecule has 0 bridgehead atoms. The number of hydrogen-bond acceptors (Lipinski definition) is 4. The Bertz CT molecular complexity index is 1420. The maximum absolute atomic E-state index is 14.6. The first-order valence-corrected chi connectivity index (χ1v) is 14.0. The summed E-state index contributed by atoms with van der Waals surface area (Å²) in [6.45, 7) is 12.2. The summed E-state index contributed by atoms with van der Waals surface area (Å²) in [4.78, 5) is 22.0. The first-order chi connectivity index (χ1) is 20.4. The molecule has 220 valence electrons. The maximum Gasteiger partial charge on any atom is 0.210 e. The average Bonchev–Trinajstić information content (AvgIpc) is 3.48. The minimum Gasteiger partial charge on any atom is -0.467 e. The van der Waals surface area contributed by atoms with Gasteiger partial charge in [0, 0.05) is 19.2 Å². The number of H-pyrrole nitrogens is 1. The van der Waals surface area contributed by atoms with E-state index in [-0.39, 0.29) is 13.3 Å². The predicted octanol–water partition coefficient (Wildman–Crippen LogP) is 7.84. The van der Waals surface area contributed by atoms with Crippen molar-refractivity contribution in [1.82, 2.24) is 14.9 Å². The van der Waals surface area contributed by atoms with Crippen LogP contribution in [0.5, 0.6) is 5.75 Å². The Hall–Kier alpha value is -4.49. The van der Waals surface area contributed by atoms with Crippen molar-refractivity contribution in [2.45, 2.75) is 39.2 Å². The summed E-state index contributed by atoms with van der Waals surface area (Å²) in [6.07, 6.45) is 16.8. The molecule has 7 heteroatoms. The molecule has 1 N–H and O–H groups in total. The standard InChI is InChI=1S/C35H40FN3O3/c1-6-9-11-28-15-17-29(18-16-28)26(4)13-14-27(8-3)23-39(24-40)34(35-37-22-31(38-35)12-10-7-2)32-21-30(36)19-20-33(32)42-25-41-5/h7-8,10,12-22,24,34H,2,4,6,9,11,23,25H2,1,3,5H3,(H,37,38)/b12-10-,14-13-,27-8-. The summed E-state index contributed by atoms with van der Waals surface area (Å²) < 4.78 is 25.4. The van der Waals surface area contributed by atoms with Gasteiger partial charge in [-0.3, -0.25) is 4.79 Å². The Balaban J connectivity index is 1.92. The number of hydrogen-bond donors (Lipinski definition) is 1. The van der Waals surface area contributed by atoms with Crippen molar-refractivity contribution in [3.63, 3.8) is 0 Å². The van der Waals surface area contributed by atoms with E-state index in [9.17, 15) is 9.18 Å². The lowest BCUT2D eigenvalue weighted by Crippen LogP contribution is -2.31. The number of nitrogens with one attached hydrogen (secondary N) is 1. The van der Waals surface area contributed by atoms with E-state index in [1.54, 1.807) is 23.2 Å². The number of carbonyl (C=O) groups is 1. The molecular weight excluding hydrogens is 529 g/mol. The Labute approximate surface area is 248 Å². The number of methoxy groups -OCH3 is 1. The van der Waals surface area contributed by atoms with Gasteiger partial charge in [-0.1, -0.05) is 81.1 Å². The molecule has 0 aliphatic heterocycles.